The molecule has 1 aliphatic carbocycles. The van der Waals surface area contributed by atoms with Crippen LogP contribution in [0.5, 0.6) is 0 Å². The van der Waals surface area contributed by atoms with Gasteiger partial charge in [0, 0.05) is 12.2 Å². The van der Waals surface area contributed by atoms with Gasteiger partial charge in [0.2, 0.25) is 0 Å². The molecule has 1 aromatic rings. The van der Waals surface area contributed by atoms with Gasteiger partial charge in [0.15, 0.2) is 0 Å². The Morgan fingerprint density at radius 3 is 3.00 bits per heavy atom. The Balaban J connectivity index is 2.08. The van der Waals surface area contributed by atoms with Crippen LogP contribution >= 0.6 is 0 Å². The van der Waals surface area contributed by atoms with E-state index in [4.69, 9.17) is 0 Å². The highest BCUT2D eigenvalue weighted by Gasteiger charge is 2.25. The quantitative estimate of drug-likeness (QED) is 0.840. The Hall–Kier alpha value is -0.890. The van der Waals surface area contributed by atoms with Crippen molar-refractivity contribution in [2.45, 2.75) is 52.1 Å². The van der Waals surface area contributed by atoms with Crippen LogP contribution in [0.15, 0.2) is 18.3 Å². The van der Waals surface area contributed by atoms with Crippen molar-refractivity contribution in [3.8, 4) is 0 Å². The zero-order valence-corrected chi connectivity index (χ0v) is 10.5. The van der Waals surface area contributed by atoms with Gasteiger partial charge in [-0.15, -0.1) is 0 Å². The molecule has 0 bridgehead atoms. The van der Waals surface area contributed by atoms with Crippen LogP contribution in [-0.2, 0) is 6.42 Å². The summed E-state index contributed by atoms with van der Waals surface area (Å²) in [5, 5.41) is 3.76. The maximum atomic E-state index is 4.52. The maximum absolute atomic E-state index is 4.52. The van der Waals surface area contributed by atoms with E-state index in [0.29, 0.717) is 18.0 Å². The Morgan fingerprint density at radius 1 is 1.50 bits per heavy atom. The number of aryl methyl sites for hydroxylation is 1. The Morgan fingerprint density at radius 2 is 2.31 bits per heavy atom. The molecule has 88 valence electrons. The number of nitrogens with one attached hydrogen (secondary N) is 1. The molecule has 1 N–H and O–H groups in total. The number of hydrogen-bond acceptors (Lipinski definition) is 2. The van der Waals surface area contributed by atoms with Gasteiger partial charge in [0.05, 0.1) is 11.7 Å². The maximum Gasteiger partial charge on any atom is 0.0605 e. The van der Waals surface area contributed by atoms with Gasteiger partial charge in [-0.2, -0.15) is 0 Å². The van der Waals surface area contributed by atoms with Crippen LogP contribution in [0.4, 0.5) is 0 Å². The van der Waals surface area contributed by atoms with Gasteiger partial charge in [-0.25, -0.2) is 0 Å². The molecule has 2 nitrogen and oxygen atoms in total. The van der Waals surface area contributed by atoms with E-state index in [9.17, 15) is 0 Å². The van der Waals surface area contributed by atoms with Gasteiger partial charge >= 0.3 is 0 Å². The van der Waals surface area contributed by atoms with Crippen molar-refractivity contribution in [3.05, 3.63) is 29.6 Å². The van der Waals surface area contributed by atoms with Crippen LogP contribution in [0.2, 0.25) is 0 Å². The van der Waals surface area contributed by atoms with E-state index in [2.05, 4.69) is 37.1 Å². The lowest BCUT2D eigenvalue weighted by molar-refractivity contribution is 0.342. The van der Waals surface area contributed by atoms with Gasteiger partial charge < -0.3 is 5.32 Å². The lowest BCUT2D eigenvalue weighted by atomic mass is 10.0. The molecule has 0 aromatic carbocycles. The molecule has 0 saturated heterocycles. The molecule has 0 spiro atoms. The molecule has 2 unspecified atom stereocenters. The summed E-state index contributed by atoms with van der Waals surface area (Å²) in [6.45, 7) is 6.83. The molecule has 0 aliphatic heterocycles. The molecule has 0 amide bonds. The molecule has 1 aliphatic rings. The van der Waals surface area contributed by atoms with Gasteiger partial charge in [-0.1, -0.05) is 26.8 Å². The highest BCUT2D eigenvalue weighted by atomic mass is 15.0. The molecule has 1 heterocycles. The monoisotopic (exact) mass is 218 g/mol. The fraction of sp³-hybridized carbons (Fsp3) is 0.643. The smallest absolute Gasteiger partial charge is 0.0605 e. The highest BCUT2D eigenvalue weighted by molar-refractivity contribution is 5.28. The van der Waals surface area contributed by atoms with Crippen molar-refractivity contribution in [2.24, 2.45) is 5.92 Å². The van der Waals surface area contributed by atoms with Crippen LogP contribution in [-0.4, -0.2) is 11.0 Å². The Kier molecular flexibility index (Phi) is 3.59. The van der Waals surface area contributed by atoms with Crippen molar-refractivity contribution in [2.75, 3.05) is 0 Å². The first-order valence-electron chi connectivity index (χ1n) is 6.42. The topological polar surface area (TPSA) is 24.9 Å². The Labute approximate surface area is 98.5 Å². The first-order valence-corrected chi connectivity index (χ1v) is 6.42. The molecule has 16 heavy (non-hydrogen) atoms. The fourth-order valence-electron chi connectivity index (χ4n) is 2.61. The number of rotatable bonds is 4. The van der Waals surface area contributed by atoms with Gasteiger partial charge in [-0.3, -0.25) is 4.98 Å². The second-order valence-electron chi connectivity index (χ2n) is 5.06. The third-order valence-corrected chi connectivity index (χ3v) is 3.62. The number of aromatic nitrogens is 1. The minimum absolute atomic E-state index is 0.476. The first-order chi connectivity index (χ1) is 7.72. The summed E-state index contributed by atoms with van der Waals surface area (Å²) in [4.78, 5) is 4.52. The van der Waals surface area contributed by atoms with Crippen LogP contribution in [0.3, 0.4) is 0 Å². The highest BCUT2D eigenvalue weighted by Crippen LogP contribution is 2.30. The molecule has 0 fully saturated rings. The summed E-state index contributed by atoms with van der Waals surface area (Å²) in [5.74, 6) is 0.692. The van der Waals surface area contributed by atoms with E-state index in [1.165, 1.54) is 30.5 Å². The van der Waals surface area contributed by atoms with Gasteiger partial charge in [0.1, 0.15) is 0 Å². The van der Waals surface area contributed by atoms with E-state index < -0.39 is 0 Å². The van der Waals surface area contributed by atoms with E-state index in [1.54, 1.807) is 0 Å². The summed E-state index contributed by atoms with van der Waals surface area (Å²) >= 11 is 0. The van der Waals surface area contributed by atoms with E-state index in [0.717, 1.165) is 0 Å². The van der Waals surface area contributed by atoms with E-state index >= 15 is 0 Å². The van der Waals surface area contributed by atoms with Crippen LogP contribution < -0.4 is 5.32 Å². The lowest BCUT2D eigenvalue weighted by Gasteiger charge is -2.25. The number of nitrogens with zero attached hydrogens (tertiary/aromatic N) is 1. The lowest BCUT2D eigenvalue weighted by Crippen LogP contribution is -2.35. The molecular weight excluding hydrogens is 196 g/mol. The van der Waals surface area contributed by atoms with Crippen LogP contribution in [0.1, 0.15) is 50.9 Å². The molecule has 0 saturated carbocycles. The third-order valence-electron chi connectivity index (χ3n) is 3.62. The SMILES string of the molecule is CCC(NC1CCc2cccnc21)C(C)C. The molecule has 2 atom stereocenters. The molecule has 1 aromatic heterocycles. The number of pyridine rings is 1. The van der Waals surface area contributed by atoms with Crippen molar-refractivity contribution >= 4 is 0 Å². The third kappa shape index (κ3) is 2.27. The standard InChI is InChI=1S/C14H22N2/c1-4-12(10(2)3)16-13-8-7-11-6-5-9-15-14(11)13/h5-6,9-10,12-13,16H,4,7-8H2,1-3H3. The number of hydrogen-bond donors (Lipinski definition) is 1. The predicted octanol–water partition coefficient (Wildman–Crippen LogP) is 3.09. The van der Waals surface area contributed by atoms with Crippen molar-refractivity contribution in [1.29, 1.82) is 0 Å². The summed E-state index contributed by atoms with van der Waals surface area (Å²) in [6.07, 6.45) is 5.48. The normalized spacial score (nSPS) is 21.1. The van der Waals surface area contributed by atoms with Crippen LogP contribution in [0.25, 0.3) is 0 Å². The van der Waals surface area contributed by atoms with Crippen molar-refractivity contribution in [3.63, 3.8) is 0 Å². The summed E-state index contributed by atoms with van der Waals surface area (Å²) in [7, 11) is 0. The van der Waals surface area contributed by atoms with E-state index in [1.807, 2.05) is 12.3 Å². The minimum Gasteiger partial charge on any atom is -0.306 e. The van der Waals surface area contributed by atoms with Gasteiger partial charge in [-0.05, 0) is 36.8 Å². The zero-order valence-electron chi connectivity index (χ0n) is 10.5. The van der Waals surface area contributed by atoms with Gasteiger partial charge in [0.25, 0.3) is 0 Å². The summed E-state index contributed by atoms with van der Waals surface area (Å²) < 4.78 is 0. The summed E-state index contributed by atoms with van der Waals surface area (Å²) in [5.41, 5.74) is 2.71. The first kappa shape index (κ1) is 11.6. The Bertz CT molecular complexity index is 346. The fourth-order valence-corrected chi connectivity index (χ4v) is 2.61. The number of fused-ring (bicyclic) bond motifs is 1. The van der Waals surface area contributed by atoms with Crippen LogP contribution in [0, 0.1) is 5.92 Å². The predicted molar refractivity (Wildman–Crippen MR) is 67.4 cm³/mol. The second-order valence-corrected chi connectivity index (χ2v) is 5.06. The van der Waals surface area contributed by atoms with E-state index in [-0.39, 0.29) is 0 Å². The molecule has 2 heteroatoms. The summed E-state index contributed by atoms with van der Waals surface area (Å²) in [6, 6.07) is 5.34. The second kappa shape index (κ2) is 4.96. The molecular formula is C14H22N2. The van der Waals surface area contributed by atoms with Crippen molar-refractivity contribution < 1.29 is 0 Å². The molecule has 0 radical (unpaired) electrons. The zero-order chi connectivity index (χ0) is 11.5. The molecule has 2 rings (SSSR count). The average molecular weight is 218 g/mol. The minimum atomic E-state index is 0.476. The average Bonchev–Trinajstić information content (AvgIpc) is 2.69. The largest absolute Gasteiger partial charge is 0.306 e. The van der Waals surface area contributed by atoms with Crippen molar-refractivity contribution in [1.82, 2.24) is 10.3 Å².